The lowest BCUT2D eigenvalue weighted by Gasteiger charge is -2.23. The van der Waals surface area contributed by atoms with Gasteiger partial charge in [0.15, 0.2) is 0 Å². The molecule has 1 unspecified atom stereocenters. The molecule has 0 saturated carbocycles. The quantitative estimate of drug-likeness (QED) is 0.780. The van der Waals surface area contributed by atoms with Gasteiger partial charge in [-0.2, -0.15) is 5.26 Å². The summed E-state index contributed by atoms with van der Waals surface area (Å²) in [5.74, 6) is 0. The van der Waals surface area contributed by atoms with E-state index in [2.05, 4.69) is 11.4 Å². The van der Waals surface area contributed by atoms with Crippen molar-refractivity contribution in [2.45, 2.75) is 12.5 Å². The second-order valence-corrected chi connectivity index (χ2v) is 3.74. The number of hydrogen-bond acceptors (Lipinski definition) is 3. The zero-order chi connectivity index (χ0) is 10.5. The van der Waals surface area contributed by atoms with E-state index in [-0.39, 0.29) is 0 Å². The van der Waals surface area contributed by atoms with Crippen LogP contribution in [0.4, 0.5) is 0 Å². The van der Waals surface area contributed by atoms with Gasteiger partial charge in [0.1, 0.15) is 0 Å². The van der Waals surface area contributed by atoms with Crippen LogP contribution < -0.4 is 5.32 Å². The molecule has 1 aliphatic heterocycles. The highest BCUT2D eigenvalue weighted by Crippen LogP contribution is 2.07. The summed E-state index contributed by atoms with van der Waals surface area (Å²) in [6, 6.07) is 10.3. The molecular weight excluding hydrogens is 188 g/mol. The van der Waals surface area contributed by atoms with Crippen molar-refractivity contribution in [2.75, 3.05) is 19.8 Å². The first-order chi connectivity index (χ1) is 7.38. The van der Waals surface area contributed by atoms with E-state index in [4.69, 9.17) is 10.00 Å². The Labute approximate surface area is 89.7 Å². The van der Waals surface area contributed by atoms with Crippen LogP contribution >= 0.6 is 0 Å². The Morgan fingerprint density at radius 2 is 2.20 bits per heavy atom. The molecule has 3 nitrogen and oxygen atoms in total. The van der Waals surface area contributed by atoms with Crippen LogP contribution in [0.25, 0.3) is 0 Å². The summed E-state index contributed by atoms with van der Waals surface area (Å²) in [5.41, 5.74) is 1.96. The average Bonchev–Trinajstić information content (AvgIpc) is 2.31. The first-order valence-corrected chi connectivity index (χ1v) is 5.18. The predicted octanol–water partition coefficient (Wildman–Crippen LogP) is 1.09. The lowest BCUT2D eigenvalue weighted by Crippen LogP contribution is -2.42. The molecule has 1 aromatic carbocycles. The van der Waals surface area contributed by atoms with Crippen molar-refractivity contribution < 1.29 is 4.74 Å². The standard InChI is InChI=1S/C12H14N2O/c13-8-11-3-1-10(2-4-11)7-12-9-15-6-5-14-12/h1-4,12,14H,5-7,9H2. The van der Waals surface area contributed by atoms with Gasteiger partial charge in [-0.1, -0.05) is 12.1 Å². The highest BCUT2D eigenvalue weighted by Gasteiger charge is 2.12. The number of rotatable bonds is 2. The second kappa shape index (κ2) is 4.92. The van der Waals surface area contributed by atoms with Gasteiger partial charge in [0, 0.05) is 12.6 Å². The maximum Gasteiger partial charge on any atom is 0.0991 e. The third kappa shape index (κ3) is 2.79. The molecule has 0 radical (unpaired) electrons. The van der Waals surface area contributed by atoms with Crippen LogP contribution in [0.2, 0.25) is 0 Å². The maximum atomic E-state index is 8.67. The number of nitriles is 1. The van der Waals surface area contributed by atoms with Crippen molar-refractivity contribution >= 4 is 0 Å². The molecule has 1 N–H and O–H groups in total. The van der Waals surface area contributed by atoms with Gasteiger partial charge in [0.05, 0.1) is 24.8 Å². The second-order valence-electron chi connectivity index (χ2n) is 3.74. The van der Waals surface area contributed by atoms with Crippen molar-refractivity contribution in [3.63, 3.8) is 0 Å². The van der Waals surface area contributed by atoms with Crippen LogP contribution in [0.3, 0.4) is 0 Å². The molecule has 78 valence electrons. The minimum Gasteiger partial charge on any atom is -0.379 e. The van der Waals surface area contributed by atoms with E-state index in [1.807, 2.05) is 24.3 Å². The summed E-state index contributed by atoms with van der Waals surface area (Å²) in [5, 5.41) is 12.1. The van der Waals surface area contributed by atoms with Crippen LogP contribution in [0.1, 0.15) is 11.1 Å². The molecule has 1 saturated heterocycles. The number of benzene rings is 1. The summed E-state index contributed by atoms with van der Waals surface area (Å²) < 4.78 is 5.38. The normalized spacial score (nSPS) is 20.9. The molecule has 1 atom stereocenters. The van der Waals surface area contributed by atoms with E-state index < -0.39 is 0 Å². The van der Waals surface area contributed by atoms with Gasteiger partial charge in [-0.25, -0.2) is 0 Å². The van der Waals surface area contributed by atoms with Crippen LogP contribution in [0.5, 0.6) is 0 Å². The Kier molecular flexibility index (Phi) is 3.33. The fourth-order valence-corrected chi connectivity index (χ4v) is 1.75. The molecule has 1 aromatic rings. The average molecular weight is 202 g/mol. The van der Waals surface area contributed by atoms with Gasteiger partial charge < -0.3 is 10.1 Å². The zero-order valence-corrected chi connectivity index (χ0v) is 8.57. The van der Waals surface area contributed by atoms with Gasteiger partial charge >= 0.3 is 0 Å². The fraction of sp³-hybridized carbons (Fsp3) is 0.417. The van der Waals surface area contributed by atoms with Crippen molar-refractivity contribution in [2.24, 2.45) is 0 Å². The van der Waals surface area contributed by atoms with Gasteiger partial charge in [0.25, 0.3) is 0 Å². The van der Waals surface area contributed by atoms with E-state index in [1.54, 1.807) is 0 Å². The first kappa shape index (κ1) is 10.2. The smallest absolute Gasteiger partial charge is 0.0991 e. The molecule has 1 fully saturated rings. The number of ether oxygens (including phenoxy) is 1. The summed E-state index contributed by atoms with van der Waals surface area (Å²) in [6.45, 7) is 2.52. The lowest BCUT2D eigenvalue weighted by atomic mass is 10.0. The highest BCUT2D eigenvalue weighted by atomic mass is 16.5. The van der Waals surface area contributed by atoms with E-state index >= 15 is 0 Å². The molecule has 1 heterocycles. The largest absolute Gasteiger partial charge is 0.379 e. The van der Waals surface area contributed by atoms with Crippen LogP contribution in [-0.2, 0) is 11.2 Å². The summed E-state index contributed by atoms with van der Waals surface area (Å²) in [6.07, 6.45) is 0.964. The monoisotopic (exact) mass is 202 g/mol. The summed E-state index contributed by atoms with van der Waals surface area (Å²) >= 11 is 0. The SMILES string of the molecule is N#Cc1ccc(CC2COCCN2)cc1. The van der Waals surface area contributed by atoms with E-state index in [1.165, 1.54) is 5.56 Å². The lowest BCUT2D eigenvalue weighted by molar-refractivity contribution is 0.0770. The van der Waals surface area contributed by atoms with Crippen molar-refractivity contribution in [3.05, 3.63) is 35.4 Å². The number of nitrogens with one attached hydrogen (secondary N) is 1. The van der Waals surface area contributed by atoms with E-state index in [0.29, 0.717) is 11.6 Å². The van der Waals surface area contributed by atoms with Gasteiger partial charge in [-0.05, 0) is 24.1 Å². The Balaban J connectivity index is 1.95. The molecule has 0 spiro atoms. The Bertz CT molecular complexity index is 347. The number of nitrogens with zero attached hydrogens (tertiary/aromatic N) is 1. The Hall–Kier alpha value is -1.37. The Morgan fingerprint density at radius 3 is 2.80 bits per heavy atom. The maximum absolute atomic E-state index is 8.67. The summed E-state index contributed by atoms with van der Waals surface area (Å²) in [4.78, 5) is 0. The van der Waals surface area contributed by atoms with Gasteiger partial charge in [0.2, 0.25) is 0 Å². The third-order valence-electron chi connectivity index (χ3n) is 2.56. The zero-order valence-electron chi connectivity index (χ0n) is 8.57. The first-order valence-electron chi connectivity index (χ1n) is 5.18. The minimum atomic E-state index is 0.409. The number of hydrogen-bond donors (Lipinski definition) is 1. The van der Waals surface area contributed by atoms with Gasteiger partial charge in [-0.15, -0.1) is 0 Å². The van der Waals surface area contributed by atoms with E-state index in [9.17, 15) is 0 Å². The van der Waals surface area contributed by atoms with E-state index in [0.717, 1.165) is 26.2 Å². The van der Waals surface area contributed by atoms with Crippen LogP contribution in [0, 0.1) is 11.3 Å². The van der Waals surface area contributed by atoms with Gasteiger partial charge in [-0.3, -0.25) is 0 Å². The van der Waals surface area contributed by atoms with Crippen molar-refractivity contribution in [1.82, 2.24) is 5.32 Å². The Morgan fingerprint density at radius 1 is 1.40 bits per heavy atom. The molecule has 3 heteroatoms. The van der Waals surface area contributed by atoms with Crippen molar-refractivity contribution in [3.8, 4) is 6.07 Å². The third-order valence-corrected chi connectivity index (χ3v) is 2.56. The van der Waals surface area contributed by atoms with Crippen LogP contribution in [-0.4, -0.2) is 25.8 Å². The number of morpholine rings is 1. The molecule has 0 bridgehead atoms. The topological polar surface area (TPSA) is 45.0 Å². The van der Waals surface area contributed by atoms with Crippen molar-refractivity contribution in [1.29, 1.82) is 5.26 Å². The highest BCUT2D eigenvalue weighted by molar-refractivity contribution is 5.31. The molecule has 0 amide bonds. The molecular formula is C12H14N2O. The summed E-state index contributed by atoms with van der Waals surface area (Å²) in [7, 11) is 0. The molecule has 0 aromatic heterocycles. The molecule has 15 heavy (non-hydrogen) atoms. The predicted molar refractivity (Wildman–Crippen MR) is 57.5 cm³/mol. The fourth-order valence-electron chi connectivity index (χ4n) is 1.75. The molecule has 0 aliphatic carbocycles. The van der Waals surface area contributed by atoms with Crippen LogP contribution in [0.15, 0.2) is 24.3 Å². The molecule has 2 rings (SSSR count). The minimum absolute atomic E-state index is 0.409. The molecule has 1 aliphatic rings.